The highest BCUT2D eigenvalue weighted by molar-refractivity contribution is 8.00. The van der Waals surface area contributed by atoms with Crippen molar-refractivity contribution in [2.45, 2.75) is 23.8 Å². The van der Waals surface area contributed by atoms with Crippen LogP contribution in [0.2, 0.25) is 0 Å². The molecule has 0 aliphatic heterocycles. The van der Waals surface area contributed by atoms with E-state index in [-0.39, 0.29) is 29.4 Å². The van der Waals surface area contributed by atoms with Crippen LogP contribution < -0.4 is 10.6 Å². The first-order chi connectivity index (χ1) is 11.6. The molecule has 6 heteroatoms. The molecule has 2 aromatic rings. The standard InChI is InChI=1S/C18H17FN2O2S/c19-12-5-7-13(8-6-12)20-17(22)11-24-16-4-2-1-3-15(16)18(23)21-14-9-10-14/h1-8,14H,9-11H2,(H,20,22)(H,21,23). The van der Waals surface area contributed by atoms with E-state index in [0.717, 1.165) is 17.7 Å². The predicted octanol–water partition coefficient (Wildman–Crippen LogP) is 3.45. The number of rotatable bonds is 6. The summed E-state index contributed by atoms with van der Waals surface area (Å²) in [4.78, 5) is 25.0. The predicted molar refractivity (Wildman–Crippen MR) is 92.7 cm³/mol. The van der Waals surface area contributed by atoms with E-state index in [1.807, 2.05) is 18.2 Å². The molecule has 0 bridgehead atoms. The van der Waals surface area contributed by atoms with Crippen molar-refractivity contribution in [2.24, 2.45) is 0 Å². The molecule has 2 amide bonds. The molecular weight excluding hydrogens is 327 g/mol. The van der Waals surface area contributed by atoms with Gasteiger partial charge in [0.1, 0.15) is 5.82 Å². The molecule has 2 N–H and O–H groups in total. The molecule has 2 aromatic carbocycles. The summed E-state index contributed by atoms with van der Waals surface area (Å²) in [7, 11) is 0. The van der Waals surface area contributed by atoms with Gasteiger partial charge in [0.2, 0.25) is 5.91 Å². The minimum Gasteiger partial charge on any atom is -0.349 e. The van der Waals surface area contributed by atoms with E-state index in [1.54, 1.807) is 6.07 Å². The number of hydrogen-bond acceptors (Lipinski definition) is 3. The number of carbonyl (C=O) groups is 2. The summed E-state index contributed by atoms with van der Waals surface area (Å²) < 4.78 is 12.9. The first-order valence-electron chi connectivity index (χ1n) is 7.70. The third kappa shape index (κ3) is 4.58. The Balaban J connectivity index is 1.58. The molecule has 1 aliphatic rings. The van der Waals surface area contributed by atoms with Crippen LogP contribution in [-0.2, 0) is 4.79 Å². The molecule has 124 valence electrons. The molecule has 4 nitrogen and oxygen atoms in total. The molecule has 0 radical (unpaired) electrons. The van der Waals surface area contributed by atoms with Crippen molar-refractivity contribution in [1.29, 1.82) is 0 Å². The fourth-order valence-electron chi connectivity index (χ4n) is 2.14. The van der Waals surface area contributed by atoms with Gasteiger partial charge in [0.15, 0.2) is 0 Å². The van der Waals surface area contributed by atoms with Crippen LogP contribution in [0.4, 0.5) is 10.1 Å². The van der Waals surface area contributed by atoms with Gasteiger partial charge in [-0.1, -0.05) is 12.1 Å². The van der Waals surface area contributed by atoms with E-state index in [4.69, 9.17) is 0 Å². The Morgan fingerprint density at radius 3 is 2.50 bits per heavy atom. The molecule has 1 fully saturated rings. The topological polar surface area (TPSA) is 58.2 Å². The van der Waals surface area contributed by atoms with Gasteiger partial charge in [-0.2, -0.15) is 0 Å². The van der Waals surface area contributed by atoms with E-state index in [9.17, 15) is 14.0 Å². The Kier molecular flexibility index (Phi) is 5.15. The molecule has 0 heterocycles. The van der Waals surface area contributed by atoms with Crippen molar-refractivity contribution >= 4 is 29.3 Å². The number of halogens is 1. The van der Waals surface area contributed by atoms with Crippen molar-refractivity contribution < 1.29 is 14.0 Å². The fraction of sp³-hybridized carbons (Fsp3) is 0.222. The second-order valence-electron chi connectivity index (χ2n) is 5.59. The lowest BCUT2D eigenvalue weighted by atomic mass is 10.2. The Morgan fingerprint density at radius 1 is 1.08 bits per heavy atom. The van der Waals surface area contributed by atoms with Crippen LogP contribution >= 0.6 is 11.8 Å². The van der Waals surface area contributed by atoms with Gasteiger partial charge in [-0.05, 0) is 49.2 Å². The summed E-state index contributed by atoms with van der Waals surface area (Å²) in [5.41, 5.74) is 1.13. The molecule has 1 aliphatic carbocycles. The van der Waals surface area contributed by atoms with Gasteiger partial charge in [-0.25, -0.2) is 4.39 Å². The van der Waals surface area contributed by atoms with Crippen molar-refractivity contribution in [2.75, 3.05) is 11.1 Å². The molecule has 0 unspecified atom stereocenters. The second kappa shape index (κ2) is 7.49. The van der Waals surface area contributed by atoms with Gasteiger partial charge in [0.05, 0.1) is 11.3 Å². The van der Waals surface area contributed by atoms with Gasteiger partial charge in [0.25, 0.3) is 5.91 Å². The molecule has 0 aromatic heterocycles. The maximum Gasteiger partial charge on any atom is 0.252 e. The summed E-state index contributed by atoms with van der Waals surface area (Å²) in [5, 5.41) is 5.66. The van der Waals surface area contributed by atoms with Crippen molar-refractivity contribution in [3.63, 3.8) is 0 Å². The fourth-order valence-corrected chi connectivity index (χ4v) is 2.99. The van der Waals surface area contributed by atoms with Gasteiger partial charge >= 0.3 is 0 Å². The van der Waals surface area contributed by atoms with Crippen LogP contribution in [0.25, 0.3) is 0 Å². The van der Waals surface area contributed by atoms with E-state index < -0.39 is 0 Å². The smallest absolute Gasteiger partial charge is 0.252 e. The first-order valence-corrected chi connectivity index (χ1v) is 8.68. The van der Waals surface area contributed by atoms with Crippen LogP contribution in [0.1, 0.15) is 23.2 Å². The molecular formula is C18H17FN2O2S. The summed E-state index contributed by atoms with van der Waals surface area (Å²) in [6.45, 7) is 0. The number of benzene rings is 2. The Morgan fingerprint density at radius 2 is 1.79 bits per heavy atom. The number of nitrogens with one attached hydrogen (secondary N) is 2. The molecule has 0 atom stereocenters. The molecule has 1 saturated carbocycles. The van der Waals surface area contributed by atoms with Gasteiger partial charge < -0.3 is 10.6 Å². The van der Waals surface area contributed by atoms with Gasteiger partial charge in [-0.3, -0.25) is 9.59 Å². The van der Waals surface area contributed by atoms with E-state index in [1.165, 1.54) is 36.0 Å². The summed E-state index contributed by atoms with van der Waals surface area (Å²) in [6.07, 6.45) is 2.06. The molecule has 0 saturated heterocycles. The summed E-state index contributed by atoms with van der Waals surface area (Å²) in [5.74, 6) is -0.480. The third-order valence-electron chi connectivity index (χ3n) is 3.53. The normalized spacial score (nSPS) is 13.4. The Hall–Kier alpha value is -2.34. The van der Waals surface area contributed by atoms with Crippen molar-refractivity contribution in [3.8, 4) is 0 Å². The molecule has 24 heavy (non-hydrogen) atoms. The Bertz CT molecular complexity index is 745. The van der Waals surface area contributed by atoms with Gasteiger partial charge in [-0.15, -0.1) is 11.8 Å². The number of amides is 2. The van der Waals surface area contributed by atoms with Crippen LogP contribution in [0, 0.1) is 5.82 Å². The van der Waals surface area contributed by atoms with E-state index in [2.05, 4.69) is 10.6 Å². The molecule has 0 spiro atoms. The highest BCUT2D eigenvalue weighted by Crippen LogP contribution is 2.25. The monoisotopic (exact) mass is 344 g/mol. The van der Waals surface area contributed by atoms with Crippen LogP contribution in [0.3, 0.4) is 0 Å². The van der Waals surface area contributed by atoms with Crippen LogP contribution in [-0.4, -0.2) is 23.6 Å². The van der Waals surface area contributed by atoms with Crippen molar-refractivity contribution in [1.82, 2.24) is 5.32 Å². The van der Waals surface area contributed by atoms with E-state index in [0.29, 0.717) is 11.3 Å². The average Bonchev–Trinajstić information content (AvgIpc) is 3.39. The summed E-state index contributed by atoms with van der Waals surface area (Å²) >= 11 is 1.31. The minimum atomic E-state index is -0.349. The summed E-state index contributed by atoms with van der Waals surface area (Å²) in [6, 6.07) is 13.1. The minimum absolute atomic E-state index is 0.0976. The zero-order valence-corrected chi connectivity index (χ0v) is 13.7. The second-order valence-corrected chi connectivity index (χ2v) is 6.60. The van der Waals surface area contributed by atoms with E-state index >= 15 is 0 Å². The number of anilines is 1. The van der Waals surface area contributed by atoms with Crippen LogP contribution in [0.5, 0.6) is 0 Å². The zero-order valence-electron chi connectivity index (χ0n) is 12.9. The quantitative estimate of drug-likeness (QED) is 0.789. The lowest BCUT2D eigenvalue weighted by molar-refractivity contribution is -0.113. The SMILES string of the molecule is O=C(CSc1ccccc1C(=O)NC1CC1)Nc1ccc(F)cc1. The highest BCUT2D eigenvalue weighted by Gasteiger charge is 2.24. The third-order valence-corrected chi connectivity index (χ3v) is 4.60. The maximum atomic E-state index is 12.9. The number of carbonyl (C=O) groups excluding carboxylic acids is 2. The maximum absolute atomic E-state index is 12.9. The van der Waals surface area contributed by atoms with Crippen molar-refractivity contribution in [3.05, 3.63) is 59.9 Å². The van der Waals surface area contributed by atoms with Crippen LogP contribution in [0.15, 0.2) is 53.4 Å². The lowest BCUT2D eigenvalue weighted by Crippen LogP contribution is -2.26. The number of thioether (sulfide) groups is 1. The zero-order chi connectivity index (χ0) is 16.9. The highest BCUT2D eigenvalue weighted by atomic mass is 32.2. The Labute approximate surface area is 143 Å². The largest absolute Gasteiger partial charge is 0.349 e. The lowest BCUT2D eigenvalue weighted by Gasteiger charge is -2.09. The first kappa shape index (κ1) is 16.5. The number of hydrogen-bond donors (Lipinski definition) is 2. The molecule has 3 rings (SSSR count). The average molecular weight is 344 g/mol. The van der Waals surface area contributed by atoms with Gasteiger partial charge in [0, 0.05) is 16.6 Å².